The zero-order valence-electron chi connectivity index (χ0n) is 14.4. The second-order valence-electron chi connectivity index (χ2n) is 6.95. The van der Waals surface area contributed by atoms with Gasteiger partial charge in [-0.05, 0) is 36.3 Å². The summed E-state index contributed by atoms with van der Waals surface area (Å²) in [6.45, 7) is 2.24. The Morgan fingerprint density at radius 1 is 1.24 bits per heavy atom. The van der Waals surface area contributed by atoms with Crippen LogP contribution in [0.15, 0.2) is 41.4 Å². The first kappa shape index (κ1) is 16.5. The molecule has 1 aliphatic carbocycles. The molecule has 1 amide bonds. The summed E-state index contributed by atoms with van der Waals surface area (Å²) in [5, 5.41) is 9.68. The van der Waals surface area contributed by atoms with Gasteiger partial charge in [0.25, 0.3) is 0 Å². The molecule has 0 bridgehead atoms. The van der Waals surface area contributed by atoms with Crippen molar-refractivity contribution in [2.45, 2.75) is 38.6 Å². The third kappa shape index (κ3) is 3.52. The fraction of sp³-hybridized carbons (Fsp3) is 0.400. The van der Waals surface area contributed by atoms with Crippen LogP contribution >= 0.6 is 11.8 Å². The average Bonchev–Trinajstić information content (AvgIpc) is 2.62. The van der Waals surface area contributed by atoms with E-state index in [0.29, 0.717) is 17.7 Å². The summed E-state index contributed by atoms with van der Waals surface area (Å²) in [5.41, 5.74) is 2.03. The van der Waals surface area contributed by atoms with Gasteiger partial charge in [0.2, 0.25) is 5.91 Å². The number of nitrogens with one attached hydrogen (secondary N) is 2. The summed E-state index contributed by atoms with van der Waals surface area (Å²) in [5.74, 6) is 1.08. The van der Waals surface area contributed by atoms with Crippen molar-refractivity contribution in [1.29, 1.82) is 0 Å². The molecule has 1 fully saturated rings. The molecule has 1 aliphatic heterocycles. The fourth-order valence-electron chi connectivity index (χ4n) is 3.75. The number of hydrogen-bond acceptors (Lipinski definition) is 4. The SMILES string of the molecule is C[C@@H]1CCCC[C@H]1NC(=O)CSC1=Nc2cccc3cccc(c23)N1. The van der Waals surface area contributed by atoms with Crippen LogP contribution in [0.5, 0.6) is 0 Å². The number of carbonyl (C=O) groups excluding carboxylic acids is 1. The van der Waals surface area contributed by atoms with Gasteiger partial charge >= 0.3 is 0 Å². The standard InChI is InChI=1S/C20H23N3OS/c1-13-6-2-3-9-15(13)21-18(24)12-25-20-22-16-10-4-7-14-8-5-11-17(23-20)19(14)16/h4-5,7-8,10-11,13,15H,2-3,6,9,12H2,1H3,(H,21,24)(H,22,23)/t13-,15-/m1/s1. The van der Waals surface area contributed by atoms with E-state index in [1.54, 1.807) is 0 Å². The van der Waals surface area contributed by atoms with Crippen LogP contribution in [0, 0.1) is 5.92 Å². The largest absolute Gasteiger partial charge is 0.352 e. The molecule has 2 aliphatic rings. The first-order valence-electron chi connectivity index (χ1n) is 9.00. The van der Waals surface area contributed by atoms with E-state index in [1.807, 2.05) is 18.2 Å². The zero-order chi connectivity index (χ0) is 17.2. The van der Waals surface area contributed by atoms with Crippen molar-refractivity contribution < 1.29 is 4.79 Å². The predicted molar refractivity (Wildman–Crippen MR) is 107 cm³/mol. The van der Waals surface area contributed by atoms with E-state index >= 15 is 0 Å². The van der Waals surface area contributed by atoms with Gasteiger partial charge in [0.05, 0.1) is 17.1 Å². The first-order chi connectivity index (χ1) is 12.2. The van der Waals surface area contributed by atoms with Crippen molar-refractivity contribution in [2.75, 3.05) is 11.1 Å². The second-order valence-corrected chi connectivity index (χ2v) is 7.91. The molecule has 2 aromatic carbocycles. The van der Waals surface area contributed by atoms with E-state index in [9.17, 15) is 4.79 Å². The highest BCUT2D eigenvalue weighted by molar-refractivity contribution is 8.14. The molecule has 0 radical (unpaired) electrons. The summed E-state index contributed by atoms with van der Waals surface area (Å²) in [7, 11) is 0. The molecule has 0 unspecified atom stereocenters. The van der Waals surface area contributed by atoms with Gasteiger partial charge in [-0.15, -0.1) is 0 Å². The number of amidine groups is 1. The molecule has 1 saturated carbocycles. The summed E-state index contributed by atoms with van der Waals surface area (Å²) in [4.78, 5) is 17.0. The Hall–Kier alpha value is -2.01. The van der Waals surface area contributed by atoms with Crippen molar-refractivity contribution >= 4 is 45.0 Å². The van der Waals surface area contributed by atoms with Gasteiger partial charge in [-0.25, -0.2) is 4.99 Å². The topological polar surface area (TPSA) is 53.5 Å². The van der Waals surface area contributed by atoms with Crippen LogP contribution in [0.3, 0.4) is 0 Å². The highest BCUT2D eigenvalue weighted by atomic mass is 32.2. The molecule has 25 heavy (non-hydrogen) atoms. The van der Waals surface area contributed by atoms with Crippen LogP contribution in [-0.2, 0) is 4.79 Å². The first-order valence-corrected chi connectivity index (χ1v) is 9.99. The number of nitrogens with zero attached hydrogens (tertiary/aromatic N) is 1. The van der Waals surface area contributed by atoms with Gasteiger partial charge in [-0.3, -0.25) is 4.79 Å². The number of hydrogen-bond donors (Lipinski definition) is 2. The summed E-state index contributed by atoms with van der Waals surface area (Å²) in [6.07, 6.45) is 4.82. The molecule has 5 heteroatoms. The van der Waals surface area contributed by atoms with Crippen LogP contribution in [0.2, 0.25) is 0 Å². The van der Waals surface area contributed by atoms with E-state index in [0.717, 1.165) is 28.3 Å². The van der Waals surface area contributed by atoms with Crippen molar-refractivity contribution in [3.05, 3.63) is 36.4 Å². The van der Waals surface area contributed by atoms with E-state index in [-0.39, 0.29) is 5.91 Å². The minimum atomic E-state index is 0.102. The summed E-state index contributed by atoms with van der Waals surface area (Å²) in [6, 6.07) is 12.7. The van der Waals surface area contributed by atoms with Crippen molar-refractivity contribution in [3.63, 3.8) is 0 Å². The van der Waals surface area contributed by atoms with E-state index in [1.165, 1.54) is 36.4 Å². The van der Waals surface area contributed by atoms with Gasteiger partial charge in [-0.2, -0.15) is 0 Å². The third-order valence-corrected chi connectivity index (χ3v) is 6.02. The summed E-state index contributed by atoms with van der Waals surface area (Å²) < 4.78 is 0. The number of rotatable bonds is 3. The Kier molecular flexibility index (Phi) is 4.66. The highest BCUT2D eigenvalue weighted by Gasteiger charge is 2.23. The van der Waals surface area contributed by atoms with Gasteiger partial charge in [0.15, 0.2) is 5.17 Å². The van der Waals surface area contributed by atoms with Gasteiger partial charge in [-0.1, -0.05) is 55.8 Å². The van der Waals surface area contributed by atoms with Crippen LogP contribution in [0.25, 0.3) is 10.8 Å². The molecule has 2 atom stereocenters. The Balaban J connectivity index is 1.41. The lowest BCUT2D eigenvalue weighted by Crippen LogP contribution is -2.42. The monoisotopic (exact) mass is 353 g/mol. The fourth-order valence-corrected chi connectivity index (χ4v) is 4.45. The Bertz CT molecular complexity index is 828. The molecular formula is C20H23N3OS. The second kappa shape index (κ2) is 7.08. The lowest BCUT2D eigenvalue weighted by Gasteiger charge is -2.29. The normalized spacial score (nSPS) is 22.2. The van der Waals surface area contributed by atoms with Gasteiger partial charge in [0.1, 0.15) is 0 Å². The molecule has 0 spiro atoms. The van der Waals surface area contributed by atoms with Crippen LogP contribution in [0.1, 0.15) is 32.6 Å². The number of anilines is 1. The van der Waals surface area contributed by atoms with Crippen LogP contribution in [0.4, 0.5) is 11.4 Å². The molecule has 4 nitrogen and oxygen atoms in total. The zero-order valence-corrected chi connectivity index (χ0v) is 15.2. The molecular weight excluding hydrogens is 330 g/mol. The minimum absolute atomic E-state index is 0.102. The number of aliphatic imine (C=N–C) groups is 1. The number of amides is 1. The smallest absolute Gasteiger partial charge is 0.230 e. The molecule has 1 heterocycles. The average molecular weight is 353 g/mol. The molecule has 0 aromatic heterocycles. The Labute approximate surface area is 152 Å². The lowest BCUT2D eigenvalue weighted by molar-refractivity contribution is -0.119. The van der Waals surface area contributed by atoms with E-state index < -0.39 is 0 Å². The lowest BCUT2D eigenvalue weighted by atomic mass is 9.86. The van der Waals surface area contributed by atoms with Crippen molar-refractivity contribution in [2.24, 2.45) is 10.9 Å². The molecule has 0 saturated heterocycles. The van der Waals surface area contributed by atoms with Gasteiger partial charge in [0, 0.05) is 11.4 Å². The number of carbonyl (C=O) groups is 1. The maximum Gasteiger partial charge on any atom is 0.230 e. The Morgan fingerprint density at radius 2 is 2.04 bits per heavy atom. The quantitative estimate of drug-likeness (QED) is 0.842. The van der Waals surface area contributed by atoms with Crippen LogP contribution in [-0.4, -0.2) is 22.9 Å². The minimum Gasteiger partial charge on any atom is -0.352 e. The maximum atomic E-state index is 12.3. The number of benzene rings is 2. The van der Waals surface area contributed by atoms with E-state index in [4.69, 9.17) is 0 Å². The molecule has 2 aromatic rings. The maximum absolute atomic E-state index is 12.3. The van der Waals surface area contributed by atoms with Crippen molar-refractivity contribution in [1.82, 2.24) is 5.32 Å². The molecule has 2 N–H and O–H groups in total. The molecule has 4 rings (SSSR count). The van der Waals surface area contributed by atoms with E-state index in [2.05, 4.69) is 40.7 Å². The Morgan fingerprint density at radius 3 is 2.88 bits per heavy atom. The molecule has 130 valence electrons. The summed E-state index contributed by atoms with van der Waals surface area (Å²) >= 11 is 1.47. The van der Waals surface area contributed by atoms with Gasteiger partial charge < -0.3 is 10.6 Å². The van der Waals surface area contributed by atoms with Crippen molar-refractivity contribution in [3.8, 4) is 0 Å². The number of thioether (sulfide) groups is 1. The highest BCUT2D eigenvalue weighted by Crippen LogP contribution is 2.36. The predicted octanol–water partition coefficient (Wildman–Crippen LogP) is 4.68. The third-order valence-electron chi connectivity index (χ3n) is 5.14. The van der Waals surface area contributed by atoms with Crippen LogP contribution < -0.4 is 10.6 Å².